The molecule has 0 atom stereocenters. The molecule has 4 aromatic rings. The summed E-state index contributed by atoms with van der Waals surface area (Å²) in [7, 11) is 0. The van der Waals surface area contributed by atoms with Gasteiger partial charge in [0.25, 0.3) is 0 Å². The van der Waals surface area contributed by atoms with E-state index in [0.29, 0.717) is 0 Å². The SMILES string of the molecule is C=C1C=Cc2sc3c(Nc4ccc5ccccc5c4)cccc3c2C/C=C\C=C/1. The first kappa shape index (κ1) is 17.7. The van der Waals surface area contributed by atoms with Gasteiger partial charge in [0.2, 0.25) is 0 Å². The van der Waals surface area contributed by atoms with Gasteiger partial charge in [0.1, 0.15) is 0 Å². The van der Waals surface area contributed by atoms with Gasteiger partial charge >= 0.3 is 0 Å². The zero-order valence-electron chi connectivity index (χ0n) is 16.1. The van der Waals surface area contributed by atoms with Gasteiger partial charge in [-0.3, -0.25) is 0 Å². The second kappa shape index (κ2) is 7.57. The number of rotatable bonds is 2. The van der Waals surface area contributed by atoms with Crippen LogP contribution in [0.2, 0.25) is 0 Å². The molecule has 1 aromatic heterocycles. The lowest BCUT2D eigenvalue weighted by atomic mass is 10.0. The molecule has 0 radical (unpaired) electrons. The average Bonchev–Trinajstić information content (AvgIpc) is 3.11. The van der Waals surface area contributed by atoms with Gasteiger partial charge in [0, 0.05) is 10.6 Å². The van der Waals surface area contributed by atoms with Crippen molar-refractivity contribution in [2.24, 2.45) is 0 Å². The third-order valence-corrected chi connectivity index (χ3v) is 6.45. The van der Waals surface area contributed by atoms with Crippen LogP contribution in [-0.2, 0) is 6.42 Å². The molecule has 1 aliphatic carbocycles. The van der Waals surface area contributed by atoms with Crippen molar-refractivity contribution in [1.29, 1.82) is 0 Å². The Morgan fingerprint density at radius 2 is 1.72 bits per heavy atom. The number of benzene rings is 3. The predicted octanol–water partition coefficient (Wildman–Crippen LogP) is 8.04. The van der Waals surface area contributed by atoms with Crippen LogP contribution in [0.15, 0.2) is 103 Å². The van der Waals surface area contributed by atoms with Crippen molar-refractivity contribution in [2.45, 2.75) is 6.42 Å². The number of hydrogen-bond donors (Lipinski definition) is 1. The Hall–Kier alpha value is -3.36. The molecule has 29 heavy (non-hydrogen) atoms. The molecule has 1 N–H and O–H groups in total. The molecule has 0 unspecified atom stereocenters. The van der Waals surface area contributed by atoms with E-state index in [1.165, 1.54) is 31.3 Å². The molecule has 0 fully saturated rings. The van der Waals surface area contributed by atoms with Crippen molar-refractivity contribution < 1.29 is 0 Å². The van der Waals surface area contributed by atoms with Gasteiger partial charge in [0.15, 0.2) is 0 Å². The van der Waals surface area contributed by atoms with Crippen molar-refractivity contribution in [3.05, 3.63) is 114 Å². The smallest absolute Gasteiger partial charge is 0.0587 e. The minimum absolute atomic E-state index is 0.927. The molecule has 0 saturated heterocycles. The third kappa shape index (κ3) is 3.55. The summed E-state index contributed by atoms with van der Waals surface area (Å²) in [6.45, 7) is 4.10. The first-order chi connectivity index (χ1) is 14.3. The van der Waals surface area contributed by atoms with Crippen molar-refractivity contribution in [3.8, 4) is 0 Å². The molecule has 0 amide bonds. The van der Waals surface area contributed by atoms with Gasteiger partial charge in [-0.25, -0.2) is 0 Å². The van der Waals surface area contributed by atoms with Crippen LogP contribution in [-0.4, -0.2) is 0 Å². The number of thiophene rings is 1. The number of anilines is 2. The van der Waals surface area contributed by atoms with Gasteiger partial charge < -0.3 is 5.32 Å². The topological polar surface area (TPSA) is 12.0 Å². The standard InChI is InChI=1S/C27H21NS/c1-19-8-3-2-4-11-23-24-12-7-13-25(27(24)29-26(23)17-14-19)28-22-16-15-20-9-5-6-10-21(20)18-22/h2-10,12-18,28H,1,11H2/b4-2-,8-3-,17-14?. The molecular weight excluding hydrogens is 370 g/mol. The van der Waals surface area contributed by atoms with E-state index in [-0.39, 0.29) is 0 Å². The summed E-state index contributed by atoms with van der Waals surface area (Å²) in [4.78, 5) is 1.30. The van der Waals surface area contributed by atoms with Gasteiger partial charge in [0.05, 0.1) is 10.4 Å². The fourth-order valence-corrected chi connectivity index (χ4v) is 4.94. The number of hydrogen-bond acceptors (Lipinski definition) is 2. The molecule has 0 aliphatic heterocycles. The highest BCUT2D eigenvalue weighted by Crippen LogP contribution is 2.39. The minimum atomic E-state index is 0.927. The zero-order chi connectivity index (χ0) is 19.6. The molecule has 2 heteroatoms. The summed E-state index contributed by atoms with van der Waals surface area (Å²) in [5.74, 6) is 0. The van der Waals surface area contributed by atoms with E-state index in [0.717, 1.165) is 23.4 Å². The van der Waals surface area contributed by atoms with E-state index in [9.17, 15) is 0 Å². The van der Waals surface area contributed by atoms with E-state index in [4.69, 9.17) is 0 Å². The number of allylic oxidation sites excluding steroid dienone is 6. The van der Waals surface area contributed by atoms with Crippen molar-refractivity contribution >= 4 is 49.6 Å². The Bertz CT molecular complexity index is 1320. The predicted molar refractivity (Wildman–Crippen MR) is 129 cm³/mol. The Morgan fingerprint density at radius 3 is 2.66 bits per heavy atom. The van der Waals surface area contributed by atoms with Crippen LogP contribution in [0.25, 0.3) is 26.9 Å². The Morgan fingerprint density at radius 1 is 0.828 bits per heavy atom. The quantitative estimate of drug-likeness (QED) is 0.364. The Labute approximate surface area is 175 Å². The Balaban J connectivity index is 1.59. The van der Waals surface area contributed by atoms with Crippen LogP contribution in [0.5, 0.6) is 0 Å². The summed E-state index contributed by atoms with van der Waals surface area (Å²) in [5.41, 5.74) is 4.65. The summed E-state index contributed by atoms with van der Waals surface area (Å²) >= 11 is 1.84. The highest BCUT2D eigenvalue weighted by Gasteiger charge is 2.13. The van der Waals surface area contributed by atoms with E-state index < -0.39 is 0 Å². The van der Waals surface area contributed by atoms with E-state index in [2.05, 4.69) is 103 Å². The van der Waals surface area contributed by atoms with Crippen molar-refractivity contribution in [2.75, 3.05) is 5.32 Å². The van der Waals surface area contributed by atoms with Crippen LogP contribution in [0.3, 0.4) is 0 Å². The maximum Gasteiger partial charge on any atom is 0.0587 e. The lowest BCUT2D eigenvalue weighted by molar-refractivity contribution is 1.31. The van der Waals surface area contributed by atoms with Crippen LogP contribution in [0, 0.1) is 0 Å². The van der Waals surface area contributed by atoms with Gasteiger partial charge in [-0.15, -0.1) is 11.3 Å². The highest BCUT2D eigenvalue weighted by atomic mass is 32.1. The van der Waals surface area contributed by atoms with Crippen LogP contribution >= 0.6 is 11.3 Å². The van der Waals surface area contributed by atoms with Crippen molar-refractivity contribution in [1.82, 2.24) is 0 Å². The summed E-state index contributed by atoms with van der Waals surface area (Å²) in [6, 6.07) is 21.5. The van der Waals surface area contributed by atoms with Crippen molar-refractivity contribution in [3.63, 3.8) is 0 Å². The highest BCUT2D eigenvalue weighted by molar-refractivity contribution is 7.20. The maximum atomic E-state index is 4.10. The second-order valence-corrected chi connectivity index (χ2v) is 8.27. The van der Waals surface area contributed by atoms with Gasteiger partial charge in [-0.05, 0) is 58.0 Å². The largest absolute Gasteiger partial charge is 0.354 e. The monoisotopic (exact) mass is 391 g/mol. The summed E-state index contributed by atoms with van der Waals surface area (Å²) < 4.78 is 1.29. The molecule has 0 bridgehead atoms. The molecule has 140 valence electrons. The lowest BCUT2D eigenvalue weighted by Gasteiger charge is -2.09. The van der Waals surface area contributed by atoms with Crippen LogP contribution < -0.4 is 5.32 Å². The molecule has 1 nitrogen and oxygen atoms in total. The molecular formula is C27H21NS. The van der Waals surface area contributed by atoms with Crippen LogP contribution in [0.4, 0.5) is 11.4 Å². The first-order valence-electron chi connectivity index (χ1n) is 9.78. The third-order valence-electron chi connectivity index (χ3n) is 5.21. The minimum Gasteiger partial charge on any atom is -0.354 e. The molecule has 5 rings (SSSR count). The average molecular weight is 392 g/mol. The zero-order valence-corrected chi connectivity index (χ0v) is 16.9. The maximum absolute atomic E-state index is 4.10. The normalized spacial score (nSPS) is 15.9. The molecule has 0 spiro atoms. The van der Waals surface area contributed by atoms with Gasteiger partial charge in [-0.1, -0.05) is 79.4 Å². The molecule has 0 saturated carbocycles. The van der Waals surface area contributed by atoms with Gasteiger partial charge in [-0.2, -0.15) is 0 Å². The molecule has 1 heterocycles. The number of fused-ring (bicyclic) bond motifs is 4. The van der Waals surface area contributed by atoms with E-state index >= 15 is 0 Å². The molecule has 3 aromatic carbocycles. The fraction of sp³-hybridized carbons (Fsp3) is 0.0370. The summed E-state index contributed by atoms with van der Waals surface area (Å²) in [6.07, 6.45) is 13.6. The second-order valence-electron chi connectivity index (χ2n) is 7.21. The first-order valence-corrected chi connectivity index (χ1v) is 10.6. The summed E-state index contributed by atoms with van der Waals surface area (Å²) in [5, 5.41) is 7.47. The molecule has 1 aliphatic rings. The fourth-order valence-electron chi connectivity index (χ4n) is 3.74. The number of nitrogens with one attached hydrogen (secondary N) is 1. The van der Waals surface area contributed by atoms with E-state index in [1.54, 1.807) is 0 Å². The lowest BCUT2D eigenvalue weighted by Crippen LogP contribution is -1.90. The Kier molecular flexibility index (Phi) is 4.63. The van der Waals surface area contributed by atoms with Crippen LogP contribution in [0.1, 0.15) is 10.4 Å². The van der Waals surface area contributed by atoms with E-state index in [1.807, 2.05) is 17.4 Å².